The lowest BCUT2D eigenvalue weighted by molar-refractivity contribution is 0.0211. The van der Waals surface area contributed by atoms with Gasteiger partial charge in [-0.3, -0.25) is 9.88 Å². The molecule has 1 aliphatic carbocycles. The van der Waals surface area contributed by atoms with Gasteiger partial charge in [-0.15, -0.1) is 5.10 Å². The average Bonchev–Trinajstić information content (AvgIpc) is 3.25. The van der Waals surface area contributed by atoms with Crippen LogP contribution in [0.4, 0.5) is 0 Å². The molecule has 3 heterocycles. The van der Waals surface area contributed by atoms with Gasteiger partial charge < -0.3 is 4.74 Å². The third-order valence-electron chi connectivity index (χ3n) is 6.04. The largest absolute Gasteiger partial charge is 0.379 e. The first-order valence-corrected chi connectivity index (χ1v) is 10.3. The molecule has 0 N–H and O–H groups in total. The van der Waals surface area contributed by atoms with Crippen molar-refractivity contribution < 1.29 is 4.74 Å². The van der Waals surface area contributed by atoms with Crippen molar-refractivity contribution in [3.63, 3.8) is 0 Å². The predicted molar refractivity (Wildman–Crippen MR) is 106 cm³/mol. The Morgan fingerprint density at radius 3 is 2.75 bits per heavy atom. The van der Waals surface area contributed by atoms with Gasteiger partial charge in [-0.1, -0.05) is 31.4 Å². The van der Waals surface area contributed by atoms with Gasteiger partial charge in [0.1, 0.15) is 0 Å². The van der Waals surface area contributed by atoms with Crippen LogP contribution in [0.15, 0.2) is 36.5 Å². The number of ether oxygens (including phenoxy) is 1. The summed E-state index contributed by atoms with van der Waals surface area (Å²) < 4.78 is 7.71. The van der Waals surface area contributed by atoms with Crippen LogP contribution in [0.25, 0.3) is 10.9 Å². The molecule has 7 nitrogen and oxygen atoms in total. The highest BCUT2D eigenvalue weighted by molar-refractivity contribution is 5.79. The van der Waals surface area contributed by atoms with Crippen molar-refractivity contribution in [3.05, 3.63) is 47.9 Å². The summed E-state index contributed by atoms with van der Waals surface area (Å²) in [7, 11) is 0. The van der Waals surface area contributed by atoms with Gasteiger partial charge in [0.15, 0.2) is 5.82 Å². The van der Waals surface area contributed by atoms with E-state index in [9.17, 15) is 0 Å². The van der Waals surface area contributed by atoms with Gasteiger partial charge in [-0.25, -0.2) is 4.68 Å². The molecule has 2 aromatic heterocycles. The number of benzene rings is 1. The van der Waals surface area contributed by atoms with E-state index in [0.717, 1.165) is 55.9 Å². The standard InChI is InChI=1S/C21H26N6O/c1-2-6-18(7-3-1)27-21(23-24-25-27)20(26-11-13-28-14-12-26)17-8-9-19-16(15-17)5-4-10-22-19/h4-5,8-10,15,18,20H,1-3,6-7,11-14H2. The smallest absolute Gasteiger partial charge is 0.173 e. The van der Waals surface area contributed by atoms with Crippen LogP contribution < -0.4 is 0 Å². The van der Waals surface area contributed by atoms with Crippen LogP contribution in [0.3, 0.4) is 0 Å². The minimum absolute atomic E-state index is 0.0328. The van der Waals surface area contributed by atoms with E-state index >= 15 is 0 Å². The molecule has 1 unspecified atom stereocenters. The number of hydrogen-bond acceptors (Lipinski definition) is 6. The topological polar surface area (TPSA) is 69.0 Å². The summed E-state index contributed by atoms with van der Waals surface area (Å²) >= 11 is 0. The molecule has 5 rings (SSSR count). The molecular formula is C21H26N6O. The molecule has 2 aliphatic rings. The Morgan fingerprint density at radius 1 is 1.04 bits per heavy atom. The fourth-order valence-electron chi connectivity index (χ4n) is 4.59. The van der Waals surface area contributed by atoms with E-state index in [-0.39, 0.29) is 6.04 Å². The van der Waals surface area contributed by atoms with Crippen LogP contribution in [-0.2, 0) is 4.74 Å². The van der Waals surface area contributed by atoms with E-state index in [1.54, 1.807) is 0 Å². The first kappa shape index (κ1) is 17.7. The summed E-state index contributed by atoms with van der Waals surface area (Å²) in [5.41, 5.74) is 2.23. The number of fused-ring (bicyclic) bond motifs is 1. The van der Waals surface area contributed by atoms with Gasteiger partial charge in [0, 0.05) is 24.7 Å². The summed E-state index contributed by atoms with van der Waals surface area (Å²) in [5, 5.41) is 14.2. The summed E-state index contributed by atoms with van der Waals surface area (Å²) in [6.07, 6.45) is 8.00. The van der Waals surface area contributed by atoms with Crippen LogP contribution >= 0.6 is 0 Å². The monoisotopic (exact) mass is 378 g/mol. The highest BCUT2D eigenvalue weighted by Gasteiger charge is 2.31. The van der Waals surface area contributed by atoms with Crippen molar-refractivity contribution in [3.8, 4) is 0 Å². The molecule has 1 atom stereocenters. The fraction of sp³-hybridized carbons (Fsp3) is 0.524. The summed E-state index contributed by atoms with van der Waals surface area (Å²) in [6, 6.07) is 11.1. The minimum atomic E-state index is 0.0328. The van der Waals surface area contributed by atoms with Crippen molar-refractivity contribution in [2.24, 2.45) is 0 Å². The number of morpholine rings is 1. The number of hydrogen-bond donors (Lipinski definition) is 0. The Balaban J connectivity index is 1.57. The third kappa shape index (κ3) is 3.40. The van der Waals surface area contributed by atoms with Gasteiger partial charge in [0.25, 0.3) is 0 Å². The second-order valence-electron chi connectivity index (χ2n) is 7.78. The fourth-order valence-corrected chi connectivity index (χ4v) is 4.59. The third-order valence-corrected chi connectivity index (χ3v) is 6.04. The normalized spacial score (nSPS) is 20.4. The van der Waals surface area contributed by atoms with E-state index < -0.39 is 0 Å². The van der Waals surface area contributed by atoms with Gasteiger partial charge >= 0.3 is 0 Å². The van der Waals surface area contributed by atoms with Crippen molar-refractivity contribution in [1.82, 2.24) is 30.1 Å². The number of rotatable bonds is 4. The maximum absolute atomic E-state index is 5.61. The van der Waals surface area contributed by atoms with Crippen molar-refractivity contribution in [1.29, 1.82) is 0 Å². The number of pyridine rings is 1. The molecule has 3 aromatic rings. The molecule has 1 saturated heterocycles. The number of tetrazole rings is 1. The lowest BCUT2D eigenvalue weighted by atomic mass is 9.95. The molecule has 1 saturated carbocycles. The van der Waals surface area contributed by atoms with Gasteiger partial charge in [0.2, 0.25) is 0 Å². The highest BCUT2D eigenvalue weighted by atomic mass is 16.5. The van der Waals surface area contributed by atoms with Crippen LogP contribution in [0, 0.1) is 0 Å². The summed E-state index contributed by atoms with van der Waals surface area (Å²) in [6.45, 7) is 3.26. The highest BCUT2D eigenvalue weighted by Crippen LogP contribution is 2.34. The van der Waals surface area contributed by atoms with Gasteiger partial charge in [-0.05, 0) is 47.0 Å². The Hall–Kier alpha value is -2.38. The lowest BCUT2D eigenvalue weighted by Crippen LogP contribution is -2.41. The molecule has 0 radical (unpaired) electrons. The molecule has 2 fully saturated rings. The quantitative estimate of drug-likeness (QED) is 0.695. The molecule has 1 aliphatic heterocycles. The Bertz CT molecular complexity index is 929. The van der Waals surface area contributed by atoms with Crippen LogP contribution in [0.5, 0.6) is 0 Å². The van der Waals surface area contributed by atoms with Crippen LogP contribution in [0.1, 0.15) is 55.6 Å². The molecule has 0 bridgehead atoms. The first-order chi connectivity index (χ1) is 13.9. The molecule has 28 heavy (non-hydrogen) atoms. The molecular weight excluding hydrogens is 352 g/mol. The second-order valence-corrected chi connectivity index (χ2v) is 7.78. The predicted octanol–water partition coefficient (Wildman–Crippen LogP) is 3.15. The van der Waals surface area contributed by atoms with Gasteiger partial charge in [0.05, 0.1) is 30.8 Å². The van der Waals surface area contributed by atoms with E-state index in [4.69, 9.17) is 4.74 Å². The Morgan fingerprint density at radius 2 is 1.89 bits per heavy atom. The minimum Gasteiger partial charge on any atom is -0.379 e. The molecule has 1 aromatic carbocycles. The molecule has 146 valence electrons. The Kier molecular flexibility index (Phi) is 5.01. The molecule has 0 amide bonds. The summed E-state index contributed by atoms with van der Waals surface area (Å²) in [5.74, 6) is 0.956. The van der Waals surface area contributed by atoms with Crippen molar-refractivity contribution in [2.75, 3.05) is 26.3 Å². The first-order valence-electron chi connectivity index (χ1n) is 10.3. The van der Waals surface area contributed by atoms with E-state index in [0.29, 0.717) is 6.04 Å². The molecule has 7 heteroatoms. The number of aromatic nitrogens is 5. The summed E-state index contributed by atoms with van der Waals surface area (Å²) in [4.78, 5) is 6.92. The molecule has 0 spiro atoms. The zero-order valence-corrected chi connectivity index (χ0v) is 16.1. The van der Waals surface area contributed by atoms with Crippen LogP contribution in [0.2, 0.25) is 0 Å². The SMILES string of the molecule is c1cnc2ccc(C(c3nnnn3C3CCCCC3)N3CCOCC3)cc2c1. The average molecular weight is 378 g/mol. The maximum atomic E-state index is 5.61. The van der Waals surface area contributed by atoms with Crippen molar-refractivity contribution >= 4 is 10.9 Å². The van der Waals surface area contributed by atoms with E-state index in [1.807, 2.05) is 12.3 Å². The van der Waals surface area contributed by atoms with E-state index in [1.165, 1.54) is 24.8 Å². The Labute approximate surface area is 164 Å². The number of nitrogens with zero attached hydrogens (tertiary/aromatic N) is 6. The zero-order chi connectivity index (χ0) is 18.8. The maximum Gasteiger partial charge on any atom is 0.173 e. The van der Waals surface area contributed by atoms with E-state index in [2.05, 4.69) is 54.4 Å². The lowest BCUT2D eigenvalue weighted by Gasteiger charge is -2.35. The zero-order valence-electron chi connectivity index (χ0n) is 16.1. The second kappa shape index (κ2) is 7.93. The van der Waals surface area contributed by atoms with Crippen molar-refractivity contribution in [2.45, 2.75) is 44.2 Å². The van der Waals surface area contributed by atoms with Crippen LogP contribution in [-0.4, -0.2) is 56.4 Å². The van der Waals surface area contributed by atoms with Gasteiger partial charge in [-0.2, -0.15) is 0 Å².